The minimum Gasteiger partial charge on any atom is -0.357 e. The second-order valence-electron chi connectivity index (χ2n) is 8.40. The summed E-state index contributed by atoms with van der Waals surface area (Å²) in [5.41, 5.74) is 9.00. The summed E-state index contributed by atoms with van der Waals surface area (Å²) in [5, 5.41) is 11.8. The van der Waals surface area contributed by atoms with Crippen molar-refractivity contribution in [3.8, 4) is 0 Å². The predicted molar refractivity (Wildman–Crippen MR) is 132 cm³/mol. The van der Waals surface area contributed by atoms with Crippen molar-refractivity contribution < 1.29 is 9.37 Å². The number of amides is 1. The van der Waals surface area contributed by atoms with Crippen LogP contribution in [0.3, 0.4) is 0 Å². The number of fused-ring (bicyclic) bond motifs is 1. The van der Waals surface area contributed by atoms with Crippen molar-refractivity contribution in [3.63, 3.8) is 0 Å². The van der Waals surface area contributed by atoms with E-state index in [4.69, 9.17) is 16.1 Å². The highest BCUT2D eigenvalue weighted by molar-refractivity contribution is 6.10. The average Bonchev–Trinajstić information content (AvgIpc) is 3.15. The number of hydrogen-bond donors (Lipinski definition) is 3. The van der Waals surface area contributed by atoms with Crippen molar-refractivity contribution >= 4 is 29.2 Å². The van der Waals surface area contributed by atoms with Gasteiger partial charge in [-0.3, -0.25) is 9.69 Å². The molecule has 1 aliphatic heterocycles. The van der Waals surface area contributed by atoms with Crippen LogP contribution in [0.5, 0.6) is 0 Å². The number of nitrogens with one attached hydrogen (secondary N) is 2. The molecule has 2 aromatic heterocycles. The fraction of sp³-hybridized carbons (Fsp3) is 0.458. The average molecular weight is 452 g/mol. The molecule has 0 aromatic carbocycles. The molecule has 176 valence electrons. The molecule has 0 atom stereocenters. The van der Waals surface area contributed by atoms with E-state index in [0.717, 1.165) is 17.1 Å². The lowest BCUT2D eigenvalue weighted by atomic mass is 10.1. The van der Waals surface area contributed by atoms with E-state index in [9.17, 15) is 4.79 Å². The van der Waals surface area contributed by atoms with Gasteiger partial charge in [0.15, 0.2) is 5.84 Å². The molecule has 1 aliphatic rings. The molecule has 0 spiro atoms. The van der Waals surface area contributed by atoms with Crippen molar-refractivity contribution in [3.05, 3.63) is 46.8 Å². The first-order valence-electron chi connectivity index (χ1n) is 11.4. The number of anilines is 2. The third-order valence-electron chi connectivity index (χ3n) is 6.02. The number of pyridine rings is 2. The van der Waals surface area contributed by atoms with Gasteiger partial charge in [0.2, 0.25) is 0 Å². The Morgan fingerprint density at radius 2 is 2.06 bits per heavy atom. The van der Waals surface area contributed by atoms with Crippen LogP contribution >= 0.6 is 0 Å². The summed E-state index contributed by atoms with van der Waals surface area (Å²) in [6.45, 7) is 9.62. The zero-order chi connectivity index (χ0) is 24.3. The van der Waals surface area contributed by atoms with Crippen molar-refractivity contribution in [2.75, 3.05) is 30.4 Å². The fourth-order valence-electron chi connectivity index (χ4n) is 3.84. The van der Waals surface area contributed by atoms with Gasteiger partial charge in [0.25, 0.3) is 11.7 Å². The number of carbonyl (C=O) groups is 1. The van der Waals surface area contributed by atoms with Crippen molar-refractivity contribution in [2.45, 2.75) is 53.2 Å². The van der Waals surface area contributed by atoms with Gasteiger partial charge in [-0.05, 0) is 46.0 Å². The Kier molecular flexibility index (Phi) is 7.43. The molecule has 3 rings (SSSR count). The number of hydrogen-bond acceptors (Lipinski definition) is 6. The quantitative estimate of drug-likeness (QED) is 0.322. The zero-order valence-electron chi connectivity index (χ0n) is 20.4. The third kappa shape index (κ3) is 4.73. The zero-order valence-corrected chi connectivity index (χ0v) is 20.4. The van der Waals surface area contributed by atoms with Gasteiger partial charge in [-0.1, -0.05) is 13.0 Å². The van der Waals surface area contributed by atoms with Gasteiger partial charge in [-0.15, -0.1) is 0 Å². The van der Waals surface area contributed by atoms with E-state index >= 15 is 0 Å². The molecule has 0 aliphatic carbocycles. The Morgan fingerprint density at radius 3 is 2.67 bits per heavy atom. The van der Waals surface area contributed by atoms with Gasteiger partial charge < -0.3 is 16.0 Å². The Morgan fingerprint density at radius 1 is 1.33 bits per heavy atom. The first-order valence-corrected chi connectivity index (χ1v) is 11.4. The molecule has 9 heteroatoms. The summed E-state index contributed by atoms with van der Waals surface area (Å²) >= 11 is 0. The molecular weight excluding hydrogens is 416 g/mol. The molecule has 2 aromatic rings. The van der Waals surface area contributed by atoms with E-state index in [2.05, 4.69) is 29.0 Å². The molecule has 0 radical (unpaired) electrons. The summed E-state index contributed by atoms with van der Waals surface area (Å²) < 4.78 is 1.73. The molecule has 3 heterocycles. The maximum absolute atomic E-state index is 13.5. The van der Waals surface area contributed by atoms with E-state index in [1.807, 2.05) is 40.1 Å². The lowest BCUT2D eigenvalue weighted by Crippen LogP contribution is -2.33. The maximum Gasteiger partial charge on any atom is 0.280 e. The monoisotopic (exact) mass is 451 g/mol. The predicted octanol–water partition coefficient (Wildman–Crippen LogP) is 2.33. The van der Waals surface area contributed by atoms with Crippen molar-refractivity contribution in [1.82, 2.24) is 15.3 Å². The maximum atomic E-state index is 13.5. The van der Waals surface area contributed by atoms with Crippen LogP contribution in [-0.4, -0.2) is 58.8 Å². The van der Waals surface area contributed by atoms with Crippen LogP contribution < -0.4 is 20.9 Å². The molecular formula is C24H35N8O+. The number of nitrogens with zero attached hydrogens (tertiary/aromatic N) is 5. The topological polar surface area (TPSA) is 114 Å². The Bertz CT molecular complexity index is 1090. The molecule has 0 fully saturated rings. The number of carbonyl (C=O) groups excluding carboxylic acids is 1. The lowest BCUT2D eigenvalue weighted by molar-refractivity contribution is -0.406. The first kappa shape index (κ1) is 24.3. The molecule has 0 bridgehead atoms. The number of amidine groups is 2. The fourth-order valence-corrected chi connectivity index (χ4v) is 3.84. The summed E-state index contributed by atoms with van der Waals surface area (Å²) in [4.78, 5) is 26.7. The van der Waals surface area contributed by atoms with Crippen LogP contribution in [0.2, 0.25) is 0 Å². The van der Waals surface area contributed by atoms with Gasteiger partial charge >= 0.3 is 0 Å². The van der Waals surface area contributed by atoms with Crippen LogP contribution in [0.1, 0.15) is 61.4 Å². The molecule has 9 nitrogen and oxygen atoms in total. The normalized spacial score (nSPS) is 13.9. The molecule has 33 heavy (non-hydrogen) atoms. The highest BCUT2D eigenvalue weighted by Gasteiger charge is 2.33. The van der Waals surface area contributed by atoms with E-state index in [-0.39, 0.29) is 17.8 Å². The minimum absolute atomic E-state index is 0.105. The number of aromatic nitrogens is 2. The standard InChI is InChI=1S/C24H34N8O/c1-7-20(25)31(8-2)23(26)18-10-9-11-21(28-18)32-14-17-16(24(32)33)12-22(30(6)15(3)4)29-19(17)13-27-5/h9-12,15,25-27H,7-8,13-14H2,1-6H3/p+1. The molecule has 0 unspecified atom stereocenters. The second kappa shape index (κ2) is 10.1. The van der Waals surface area contributed by atoms with E-state index in [1.165, 1.54) is 0 Å². The Balaban J connectivity index is 2.00. The molecule has 0 saturated carbocycles. The van der Waals surface area contributed by atoms with Gasteiger partial charge in [0, 0.05) is 31.6 Å². The summed E-state index contributed by atoms with van der Waals surface area (Å²) in [6, 6.07) is 7.52. The second-order valence-corrected chi connectivity index (χ2v) is 8.40. The molecule has 1 amide bonds. The SMILES string of the molecule is CCC(N)=[N+](CC)C(=N)c1cccc(N2Cc3c(cc(N(C)C(C)C)nc3CNC)C2=O)n1. The van der Waals surface area contributed by atoms with Gasteiger partial charge in [-0.25, -0.2) is 14.5 Å². The lowest BCUT2D eigenvalue weighted by Gasteiger charge is -2.24. The van der Waals surface area contributed by atoms with Crippen LogP contribution in [0, 0.1) is 5.41 Å². The molecule has 4 N–H and O–H groups in total. The van der Waals surface area contributed by atoms with Gasteiger partial charge in [0.1, 0.15) is 17.3 Å². The largest absolute Gasteiger partial charge is 0.357 e. The van der Waals surface area contributed by atoms with Crippen LogP contribution in [0.25, 0.3) is 0 Å². The highest BCUT2D eigenvalue weighted by Crippen LogP contribution is 2.32. The third-order valence-corrected chi connectivity index (χ3v) is 6.02. The number of nitrogens with two attached hydrogens (primary N) is 1. The van der Waals surface area contributed by atoms with Crippen LogP contribution in [-0.2, 0) is 13.1 Å². The van der Waals surface area contributed by atoms with E-state index in [0.29, 0.717) is 49.0 Å². The first-order chi connectivity index (χ1) is 15.7. The summed E-state index contributed by atoms with van der Waals surface area (Å²) in [5.74, 6) is 2.02. The van der Waals surface area contributed by atoms with Crippen LogP contribution in [0.15, 0.2) is 24.3 Å². The minimum atomic E-state index is -0.105. The Labute approximate surface area is 195 Å². The summed E-state index contributed by atoms with van der Waals surface area (Å²) in [7, 11) is 3.85. The van der Waals surface area contributed by atoms with Crippen molar-refractivity contribution in [1.29, 1.82) is 5.41 Å². The highest BCUT2D eigenvalue weighted by atomic mass is 16.2. The molecule has 0 saturated heterocycles. The van der Waals surface area contributed by atoms with Gasteiger partial charge in [-0.2, -0.15) is 5.41 Å². The smallest absolute Gasteiger partial charge is 0.280 e. The van der Waals surface area contributed by atoms with Gasteiger partial charge in [0.05, 0.1) is 24.3 Å². The Hall–Kier alpha value is -3.33. The van der Waals surface area contributed by atoms with E-state index < -0.39 is 0 Å². The van der Waals surface area contributed by atoms with Crippen LogP contribution in [0.4, 0.5) is 11.6 Å². The summed E-state index contributed by atoms with van der Waals surface area (Å²) in [6.07, 6.45) is 0.643. The number of rotatable bonds is 8. The van der Waals surface area contributed by atoms with E-state index in [1.54, 1.807) is 21.6 Å². The van der Waals surface area contributed by atoms with Crippen molar-refractivity contribution in [2.24, 2.45) is 5.73 Å².